The maximum absolute atomic E-state index is 11.3. The predicted octanol–water partition coefficient (Wildman–Crippen LogP) is 4.36. The van der Waals surface area contributed by atoms with Crippen LogP contribution in [0.5, 0.6) is 0 Å². The van der Waals surface area contributed by atoms with E-state index in [9.17, 15) is 5.11 Å². The fourth-order valence-corrected chi connectivity index (χ4v) is 2.25. The Morgan fingerprint density at radius 1 is 0.905 bits per heavy atom. The maximum Gasteiger partial charge on any atom is 0.156 e. The van der Waals surface area contributed by atoms with Crippen molar-refractivity contribution in [1.82, 2.24) is 0 Å². The lowest BCUT2D eigenvalue weighted by atomic mass is 9.69. The Morgan fingerprint density at radius 3 is 1.95 bits per heavy atom. The number of hydrogen-bond donors (Lipinski definition) is 1. The molecule has 0 bridgehead atoms. The zero-order valence-electron chi connectivity index (χ0n) is 12.9. The Morgan fingerprint density at radius 2 is 1.43 bits per heavy atom. The Balaban J connectivity index is 2.51. The third kappa shape index (κ3) is 3.17. The van der Waals surface area contributed by atoms with Gasteiger partial charge in [-0.1, -0.05) is 81.1 Å². The van der Waals surface area contributed by atoms with E-state index < -0.39 is 5.60 Å². The topological polar surface area (TPSA) is 20.2 Å². The molecule has 108 valence electrons. The van der Waals surface area contributed by atoms with Crippen molar-refractivity contribution in [1.29, 1.82) is 0 Å². The van der Waals surface area contributed by atoms with Crippen LogP contribution in [0.2, 0.25) is 0 Å². The molecule has 0 radical (unpaired) electrons. The first-order chi connectivity index (χ1) is 9.99. The number of hydrogen-bond acceptors (Lipinski definition) is 1. The first kappa shape index (κ1) is 15.4. The van der Waals surface area contributed by atoms with Crippen LogP contribution in [0.3, 0.4) is 0 Å². The van der Waals surface area contributed by atoms with Gasteiger partial charge in [0.1, 0.15) is 0 Å². The minimum atomic E-state index is -1.17. The fourth-order valence-electron chi connectivity index (χ4n) is 2.25. The van der Waals surface area contributed by atoms with E-state index in [2.05, 4.69) is 32.6 Å². The molecule has 1 unspecified atom stereocenters. The fraction of sp³-hybridized carbons (Fsp3) is 0.300. The summed E-state index contributed by atoms with van der Waals surface area (Å²) in [5.41, 5.74) is 0.258. The van der Waals surface area contributed by atoms with E-state index in [1.165, 1.54) is 0 Å². The van der Waals surface area contributed by atoms with Crippen molar-refractivity contribution in [2.24, 2.45) is 5.41 Å². The largest absolute Gasteiger partial charge is 0.373 e. The molecular weight excluding hydrogens is 256 g/mol. The van der Waals surface area contributed by atoms with Gasteiger partial charge in [0.25, 0.3) is 0 Å². The highest BCUT2D eigenvalue weighted by Gasteiger charge is 2.42. The second-order valence-corrected chi connectivity index (χ2v) is 5.93. The normalized spacial score (nSPS) is 13.9. The first-order valence-electron chi connectivity index (χ1n) is 7.36. The lowest BCUT2D eigenvalue weighted by Gasteiger charge is -2.38. The van der Waals surface area contributed by atoms with Crippen LogP contribution in [0.4, 0.5) is 0 Å². The average Bonchev–Trinajstić information content (AvgIpc) is 2.54. The number of aliphatic hydroxyl groups is 1. The maximum atomic E-state index is 11.3. The molecule has 0 aliphatic heterocycles. The number of benzene rings is 2. The number of rotatable bonds is 3. The van der Waals surface area contributed by atoms with Gasteiger partial charge < -0.3 is 5.11 Å². The predicted molar refractivity (Wildman–Crippen MR) is 87.7 cm³/mol. The molecule has 0 aromatic heterocycles. The van der Waals surface area contributed by atoms with Crippen molar-refractivity contribution in [2.75, 3.05) is 0 Å². The molecule has 0 saturated carbocycles. The SMILES string of the molecule is CCC(C)(C)C(O)(C#Cc1ccccc1)c1ccccc1. The molecule has 0 amide bonds. The van der Waals surface area contributed by atoms with Gasteiger partial charge in [0, 0.05) is 11.0 Å². The highest BCUT2D eigenvalue weighted by atomic mass is 16.3. The minimum absolute atomic E-state index is 0.337. The van der Waals surface area contributed by atoms with E-state index in [-0.39, 0.29) is 5.41 Å². The van der Waals surface area contributed by atoms with Crippen molar-refractivity contribution < 1.29 is 5.11 Å². The monoisotopic (exact) mass is 278 g/mol. The molecular formula is C20H22O. The first-order valence-corrected chi connectivity index (χ1v) is 7.36. The standard InChI is InChI=1S/C20H22O/c1-4-19(2,3)20(21,18-13-9-6-10-14-18)16-15-17-11-7-5-8-12-17/h5-14,21H,4H2,1-3H3. The van der Waals surface area contributed by atoms with Crippen LogP contribution in [0.1, 0.15) is 38.3 Å². The van der Waals surface area contributed by atoms with Crippen LogP contribution >= 0.6 is 0 Å². The van der Waals surface area contributed by atoms with Crippen LogP contribution in [0.25, 0.3) is 0 Å². The molecule has 2 aromatic carbocycles. The quantitative estimate of drug-likeness (QED) is 0.827. The molecule has 0 aliphatic carbocycles. The molecule has 1 N–H and O–H groups in total. The lowest BCUT2D eigenvalue weighted by molar-refractivity contribution is -0.0226. The summed E-state index contributed by atoms with van der Waals surface area (Å²) < 4.78 is 0. The van der Waals surface area contributed by atoms with Gasteiger partial charge in [0.15, 0.2) is 5.60 Å². The summed E-state index contributed by atoms with van der Waals surface area (Å²) in [5.74, 6) is 6.25. The van der Waals surface area contributed by atoms with Gasteiger partial charge in [-0.3, -0.25) is 0 Å². The molecule has 21 heavy (non-hydrogen) atoms. The Labute approximate surface area is 127 Å². The van der Waals surface area contributed by atoms with Crippen LogP contribution in [-0.2, 0) is 5.60 Å². The van der Waals surface area contributed by atoms with Gasteiger partial charge in [-0.2, -0.15) is 0 Å². The summed E-state index contributed by atoms with van der Waals surface area (Å²) in [6.45, 7) is 6.19. The lowest BCUT2D eigenvalue weighted by Crippen LogP contribution is -2.40. The van der Waals surface area contributed by atoms with Gasteiger partial charge >= 0.3 is 0 Å². The summed E-state index contributed by atoms with van der Waals surface area (Å²) in [7, 11) is 0. The van der Waals surface area contributed by atoms with Crippen LogP contribution in [0, 0.1) is 17.3 Å². The average molecular weight is 278 g/mol. The second kappa shape index (κ2) is 6.16. The van der Waals surface area contributed by atoms with Crippen LogP contribution in [0.15, 0.2) is 60.7 Å². The molecule has 1 nitrogen and oxygen atoms in total. The third-order valence-electron chi connectivity index (χ3n) is 4.22. The summed E-state index contributed by atoms with van der Waals surface area (Å²) >= 11 is 0. The van der Waals surface area contributed by atoms with E-state index in [4.69, 9.17) is 0 Å². The molecule has 0 saturated heterocycles. The van der Waals surface area contributed by atoms with Crippen molar-refractivity contribution >= 4 is 0 Å². The minimum Gasteiger partial charge on any atom is -0.373 e. The van der Waals surface area contributed by atoms with Crippen molar-refractivity contribution in [2.45, 2.75) is 32.8 Å². The highest BCUT2D eigenvalue weighted by Crippen LogP contribution is 2.41. The molecule has 2 aromatic rings. The highest BCUT2D eigenvalue weighted by molar-refractivity contribution is 5.41. The van der Waals surface area contributed by atoms with Crippen molar-refractivity contribution in [3.63, 3.8) is 0 Å². The molecule has 0 spiro atoms. The van der Waals surface area contributed by atoms with E-state index in [1.54, 1.807) is 0 Å². The third-order valence-corrected chi connectivity index (χ3v) is 4.22. The van der Waals surface area contributed by atoms with Crippen LogP contribution in [-0.4, -0.2) is 5.11 Å². The second-order valence-electron chi connectivity index (χ2n) is 5.93. The van der Waals surface area contributed by atoms with Gasteiger partial charge in [-0.05, 0) is 24.1 Å². The van der Waals surface area contributed by atoms with Gasteiger partial charge in [-0.25, -0.2) is 0 Å². The summed E-state index contributed by atoms with van der Waals surface area (Å²) in [5, 5.41) is 11.3. The molecule has 0 aliphatic rings. The molecule has 2 rings (SSSR count). The Bertz CT molecular complexity index is 632. The molecule has 0 fully saturated rings. The molecule has 1 heteroatoms. The van der Waals surface area contributed by atoms with Crippen molar-refractivity contribution in [3.05, 3.63) is 71.8 Å². The summed E-state index contributed by atoms with van der Waals surface area (Å²) in [6, 6.07) is 19.5. The molecule has 0 heterocycles. The van der Waals surface area contributed by atoms with Gasteiger partial charge in [-0.15, -0.1) is 0 Å². The Hall–Kier alpha value is -2.04. The van der Waals surface area contributed by atoms with E-state index in [0.29, 0.717) is 0 Å². The zero-order chi connectivity index (χ0) is 15.3. The van der Waals surface area contributed by atoms with Crippen molar-refractivity contribution in [3.8, 4) is 11.8 Å². The van der Waals surface area contributed by atoms with E-state index in [1.807, 2.05) is 60.7 Å². The summed E-state index contributed by atoms with van der Waals surface area (Å²) in [6.07, 6.45) is 0.835. The Kier molecular flexibility index (Phi) is 4.50. The molecule has 1 atom stereocenters. The van der Waals surface area contributed by atoms with E-state index in [0.717, 1.165) is 17.5 Å². The smallest absolute Gasteiger partial charge is 0.156 e. The van der Waals surface area contributed by atoms with Gasteiger partial charge in [0.2, 0.25) is 0 Å². The zero-order valence-corrected chi connectivity index (χ0v) is 12.9. The summed E-state index contributed by atoms with van der Waals surface area (Å²) in [4.78, 5) is 0. The van der Waals surface area contributed by atoms with Crippen LogP contribution < -0.4 is 0 Å². The van der Waals surface area contributed by atoms with Gasteiger partial charge in [0.05, 0.1) is 0 Å². The van der Waals surface area contributed by atoms with E-state index >= 15 is 0 Å².